The lowest BCUT2D eigenvalue weighted by Crippen LogP contribution is -2.33. The molecule has 3 amide bonds. The number of amides is 3. The third kappa shape index (κ3) is 3.85. The predicted octanol–water partition coefficient (Wildman–Crippen LogP) is 3.87. The van der Waals surface area contributed by atoms with Gasteiger partial charge in [0.1, 0.15) is 0 Å². The first-order valence-electron chi connectivity index (χ1n) is 9.75. The summed E-state index contributed by atoms with van der Waals surface area (Å²) < 4.78 is 0. The number of hydrogen-bond donors (Lipinski definition) is 1. The van der Waals surface area contributed by atoms with Crippen molar-refractivity contribution in [2.24, 2.45) is 0 Å². The summed E-state index contributed by atoms with van der Waals surface area (Å²) in [5, 5.41) is 3.44. The van der Waals surface area contributed by atoms with Crippen molar-refractivity contribution >= 4 is 40.7 Å². The van der Waals surface area contributed by atoms with E-state index in [-0.39, 0.29) is 30.7 Å². The average molecular weight is 412 g/mol. The Morgan fingerprint density at radius 2 is 1.76 bits per heavy atom. The quantitative estimate of drug-likeness (QED) is 0.758. The van der Waals surface area contributed by atoms with Crippen molar-refractivity contribution in [3.63, 3.8) is 0 Å². The summed E-state index contributed by atoms with van der Waals surface area (Å²) >= 11 is 6.12. The van der Waals surface area contributed by atoms with Gasteiger partial charge in [-0.25, -0.2) is 0 Å². The molecule has 1 saturated heterocycles. The summed E-state index contributed by atoms with van der Waals surface area (Å²) in [6.07, 6.45) is 2.26. The van der Waals surface area contributed by atoms with E-state index in [9.17, 15) is 14.4 Å². The Hall–Kier alpha value is -2.86. The maximum atomic E-state index is 12.6. The number of hydrogen-bond acceptors (Lipinski definition) is 4. The number of fused-ring (bicyclic) bond motifs is 1. The molecule has 0 unspecified atom stereocenters. The molecule has 2 aromatic rings. The molecule has 0 spiro atoms. The smallest absolute Gasteiger partial charge is 0.261 e. The molecule has 0 aliphatic carbocycles. The number of rotatable bonds is 5. The van der Waals surface area contributed by atoms with Gasteiger partial charge < -0.3 is 10.2 Å². The van der Waals surface area contributed by atoms with Gasteiger partial charge in [0.15, 0.2) is 0 Å². The first-order valence-corrected chi connectivity index (χ1v) is 10.1. The van der Waals surface area contributed by atoms with Crippen molar-refractivity contribution in [1.29, 1.82) is 0 Å². The van der Waals surface area contributed by atoms with Gasteiger partial charge in [0.05, 0.1) is 22.5 Å². The molecule has 2 aromatic carbocycles. The first-order chi connectivity index (χ1) is 13.9. The number of aryl methyl sites for hydroxylation is 1. The highest BCUT2D eigenvalue weighted by atomic mass is 35.5. The fraction of sp³-hybridized carbons (Fsp3) is 0.318. The predicted molar refractivity (Wildman–Crippen MR) is 113 cm³/mol. The Kier molecular flexibility index (Phi) is 5.28. The van der Waals surface area contributed by atoms with Crippen LogP contribution in [0.1, 0.15) is 45.5 Å². The zero-order valence-electron chi connectivity index (χ0n) is 16.2. The van der Waals surface area contributed by atoms with Gasteiger partial charge in [-0.2, -0.15) is 0 Å². The third-order valence-corrected chi connectivity index (χ3v) is 5.60. The monoisotopic (exact) mass is 411 g/mol. The van der Waals surface area contributed by atoms with Crippen LogP contribution in [-0.2, 0) is 4.79 Å². The molecular formula is C22H22ClN3O3. The van der Waals surface area contributed by atoms with Crippen LogP contribution in [0.3, 0.4) is 0 Å². The van der Waals surface area contributed by atoms with Gasteiger partial charge in [-0.05, 0) is 50.1 Å². The van der Waals surface area contributed by atoms with Gasteiger partial charge >= 0.3 is 0 Å². The molecule has 0 aromatic heterocycles. The summed E-state index contributed by atoms with van der Waals surface area (Å²) in [6.45, 7) is 3.80. The summed E-state index contributed by atoms with van der Waals surface area (Å²) in [7, 11) is 0. The number of carbonyl (C=O) groups is 3. The minimum Gasteiger partial charge on any atom is -0.370 e. The molecule has 0 radical (unpaired) electrons. The lowest BCUT2D eigenvalue weighted by Gasteiger charge is -2.22. The highest BCUT2D eigenvalue weighted by Gasteiger charge is 2.35. The minimum atomic E-state index is -0.349. The van der Waals surface area contributed by atoms with E-state index in [0.29, 0.717) is 21.8 Å². The van der Waals surface area contributed by atoms with Crippen molar-refractivity contribution in [3.05, 3.63) is 58.1 Å². The normalized spacial score (nSPS) is 15.8. The van der Waals surface area contributed by atoms with Crippen LogP contribution >= 0.6 is 11.6 Å². The minimum absolute atomic E-state index is 0.0242. The second-order valence-electron chi connectivity index (χ2n) is 7.46. The summed E-state index contributed by atoms with van der Waals surface area (Å²) in [6, 6.07) is 10.6. The van der Waals surface area contributed by atoms with Gasteiger partial charge in [-0.15, -0.1) is 0 Å². The average Bonchev–Trinajstić information content (AvgIpc) is 3.29. The van der Waals surface area contributed by atoms with E-state index >= 15 is 0 Å². The number of imide groups is 1. The van der Waals surface area contributed by atoms with Crippen molar-refractivity contribution in [2.45, 2.75) is 26.2 Å². The van der Waals surface area contributed by atoms with Crippen molar-refractivity contribution in [1.82, 2.24) is 4.90 Å². The van der Waals surface area contributed by atoms with E-state index in [2.05, 4.69) is 10.2 Å². The second kappa shape index (κ2) is 7.87. The van der Waals surface area contributed by atoms with E-state index in [1.165, 1.54) is 0 Å². The van der Waals surface area contributed by atoms with E-state index in [4.69, 9.17) is 11.6 Å². The molecule has 2 heterocycles. The van der Waals surface area contributed by atoms with Crippen LogP contribution in [0.4, 0.5) is 11.4 Å². The van der Waals surface area contributed by atoms with Crippen molar-refractivity contribution in [2.75, 3.05) is 29.9 Å². The summed E-state index contributed by atoms with van der Waals surface area (Å²) in [5.41, 5.74) is 3.31. The lowest BCUT2D eigenvalue weighted by atomic mass is 10.1. The van der Waals surface area contributed by atoms with E-state index in [1.807, 2.05) is 19.1 Å². The van der Waals surface area contributed by atoms with Gasteiger partial charge in [0, 0.05) is 31.1 Å². The van der Waals surface area contributed by atoms with E-state index in [0.717, 1.165) is 42.1 Å². The van der Waals surface area contributed by atoms with Crippen molar-refractivity contribution < 1.29 is 14.4 Å². The largest absolute Gasteiger partial charge is 0.370 e. The fourth-order valence-electron chi connectivity index (χ4n) is 3.88. The molecule has 4 rings (SSSR count). The SMILES string of the molecule is Cc1ccc2c(c1)C(=O)N(CCC(=O)Nc1cc(Cl)ccc1N1CCCC1)C2=O. The third-order valence-electron chi connectivity index (χ3n) is 5.37. The molecule has 0 bridgehead atoms. The molecule has 29 heavy (non-hydrogen) atoms. The number of benzene rings is 2. The number of anilines is 2. The van der Waals surface area contributed by atoms with Crippen LogP contribution in [0, 0.1) is 6.92 Å². The van der Waals surface area contributed by atoms with Crippen LogP contribution in [0.25, 0.3) is 0 Å². The Bertz CT molecular complexity index is 999. The number of carbonyl (C=O) groups excluding carboxylic acids is 3. The Balaban J connectivity index is 1.43. The molecule has 1 fully saturated rings. The van der Waals surface area contributed by atoms with Gasteiger partial charge in [0.25, 0.3) is 11.8 Å². The molecule has 2 aliphatic heterocycles. The number of nitrogens with one attached hydrogen (secondary N) is 1. The molecule has 1 N–H and O–H groups in total. The number of nitrogens with zero attached hydrogens (tertiary/aromatic N) is 2. The maximum absolute atomic E-state index is 12.6. The Morgan fingerprint density at radius 3 is 2.52 bits per heavy atom. The molecule has 0 atom stereocenters. The number of halogens is 1. The van der Waals surface area contributed by atoms with Crippen LogP contribution < -0.4 is 10.2 Å². The highest BCUT2D eigenvalue weighted by molar-refractivity contribution is 6.31. The first kappa shape index (κ1) is 19.5. The highest BCUT2D eigenvalue weighted by Crippen LogP contribution is 2.32. The van der Waals surface area contributed by atoms with Crippen molar-refractivity contribution in [3.8, 4) is 0 Å². The van der Waals surface area contributed by atoms with E-state index < -0.39 is 0 Å². The van der Waals surface area contributed by atoms with Crippen LogP contribution in [0.15, 0.2) is 36.4 Å². The van der Waals surface area contributed by atoms with Gasteiger partial charge in [-0.1, -0.05) is 23.2 Å². The van der Waals surface area contributed by atoms with Crippen LogP contribution in [0.5, 0.6) is 0 Å². The molecule has 7 heteroatoms. The standard InChI is InChI=1S/C22H22ClN3O3/c1-14-4-6-16-17(12-14)22(29)26(21(16)28)11-8-20(27)24-18-13-15(23)5-7-19(18)25-9-2-3-10-25/h4-7,12-13H,2-3,8-11H2,1H3,(H,24,27). The molecule has 150 valence electrons. The van der Waals surface area contributed by atoms with Crippen LogP contribution in [0.2, 0.25) is 5.02 Å². The molecule has 6 nitrogen and oxygen atoms in total. The van der Waals surface area contributed by atoms with Gasteiger partial charge in [0.2, 0.25) is 5.91 Å². The lowest BCUT2D eigenvalue weighted by molar-refractivity contribution is -0.116. The zero-order valence-corrected chi connectivity index (χ0v) is 17.0. The summed E-state index contributed by atoms with van der Waals surface area (Å²) in [4.78, 5) is 41.0. The molecule has 0 saturated carbocycles. The second-order valence-corrected chi connectivity index (χ2v) is 7.90. The molecule has 2 aliphatic rings. The molecular weight excluding hydrogens is 390 g/mol. The van der Waals surface area contributed by atoms with E-state index in [1.54, 1.807) is 24.3 Å². The zero-order chi connectivity index (χ0) is 20.5. The topological polar surface area (TPSA) is 69.7 Å². The Labute approximate surface area is 174 Å². The van der Waals surface area contributed by atoms with Crippen LogP contribution in [-0.4, -0.2) is 42.3 Å². The fourth-order valence-corrected chi connectivity index (χ4v) is 4.05. The maximum Gasteiger partial charge on any atom is 0.261 e. The summed E-state index contributed by atoms with van der Waals surface area (Å²) in [5.74, 6) is -0.958. The Morgan fingerprint density at radius 1 is 1.03 bits per heavy atom. The van der Waals surface area contributed by atoms with Gasteiger partial charge in [-0.3, -0.25) is 19.3 Å².